The molecule has 0 radical (unpaired) electrons. The predicted octanol–water partition coefficient (Wildman–Crippen LogP) is 6.06. The van der Waals surface area contributed by atoms with Crippen molar-refractivity contribution < 1.29 is 18.7 Å². The van der Waals surface area contributed by atoms with Crippen LogP contribution in [-0.4, -0.2) is 30.1 Å². The molecule has 4 rings (SSSR count). The van der Waals surface area contributed by atoms with E-state index < -0.39 is 11.9 Å². The molecule has 1 saturated heterocycles. The number of nitrogens with one attached hydrogen (secondary N) is 1. The van der Waals surface area contributed by atoms with Gasteiger partial charge in [0.1, 0.15) is 12.4 Å². The molecule has 0 saturated carbocycles. The van der Waals surface area contributed by atoms with Crippen molar-refractivity contribution in [3.8, 4) is 0 Å². The van der Waals surface area contributed by atoms with Crippen LogP contribution in [0.3, 0.4) is 0 Å². The number of amides is 3. The van der Waals surface area contributed by atoms with Crippen LogP contribution < -0.4 is 10.2 Å². The lowest BCUT2D eigenvalue weighted by Gasteiger charge is -2.35. The fourth-order valence-corrected chi connectivity index (χ4v) is 3.84. The monoisotopic (exact) mass is 467 g/mol. The summed E-state index contributed by atoms with van der Waals surface area (Å²) in [6.07, 6.45) is 0.190. The minimum atomic E-state index is -0.560. The Morgan fingerprint density at radius 2 is 1.76 bits per heavy atom. The highest BCUT2D eigenvalue weighted by Gasteiger charge is 2.27. The van der Waals surface area contributed by atoms with Gasteiger partial charge in [-0.15, -0.1) is 0 Å². The maximum atomic E-state index is 14.3. The summed E-state index contributed by atoms with van der Waals surface area (Å²) in [6, 6.07) is 20.9. The van der Waals surface area contributed by atoms with E-state index in [4.69, 9.17) is 16.3 Å². The number of rotatable bonds is 6. The van der Waals surface area contributed by atoms with Crippen LogP contribution >= 0.6 is 11.6 Å². The number of halogens is 2. The third kappa shape index (κ3) is 5.62. The van der Waals surface area contributed by atoms with Gasteiger partial charge in [0, 0.05) is 30.0 Å². The molecule has 1 aliphatic heterocycles. The molecule has 0 aliphatic carbocycles. The Morgan fingerprint density at radius 3 is 2.52 bits per heavy atom. The molecule has 1 heterocycles. The zero-order valence-electron chi connectivity index (χ0n) is 17.8. The highest BCUT2D eigenvalue weighted by Crippen LogP contribution is 2.25. The Kier molecular flexibility index (Phi) is 7.10. The van der Waals surface area contributed by atoms with Crippen molar-refractivity contribution in [3.05, 3.63) is 94.8 Å². The fourth-order valence-electron chi connectivity index (χ4n) is 3.65. The summed E-state index contributed by atoms with van der Waals surface area (Å²) in [5.41, 5.74) is 2.53. The number of anilines is 2. The van der Waals surface area contributed by atoms with Crippen LogP contribution in [0.2, 0.25) is 5.02 Å². The summed E-state index contributed by atoms with van der Waals surface area (Å²) in [7, 11) is 0. The number of benzene rings is 3. The van der Waals surface area contributed by atoms with E-state index in [-0.39, 0.29) is 24.2 Å². The van der Waals surface area contributed by atoms with Crippen molar-refractivity contribution in [3.63, 3.8) is 0 Å². The molecular formula is C25H23ClFN3O3. The zero-order valence-corrected chi connectivity index (χ0v) is 18.6. The van der Waals surface area contributed by atoms with E-state index in [1.807, 2.05) is 30.3 Å². The SMILES string of the molecule is O=C(Nc1ccc(N2CCCN(Cc3cccc(Cl)c3F)C2=O)cc1)OCc1ccccc1. The Hall–Kier alpha value is -3.58. The lowest BCUT2D eigenvalue weighted by atomic mass is 10.1. The molecule has 8 heteroatoms. The number of nitrogens with zero attached hydrogens (tertiary/aromatic N) is 2. The maximum Gasteiger partial charge on any atom is 0.411 e. The van der Waals surface area contributed by atoms with Gasteiger partial charge in [-0.2, -0.15) is 0 Å². The van der Waals surface area contributed by atoms with E-state index >= 15 is 0 Å². The molecule has 0 atom stereocenters. The lowest BCUT2D eigenvalue weighted by molar-refractivity contribution is 0.155. The summed E-state index contributed by atoms with van der Waals surface area (Å²) in [5, 5.41) is 2.72. The van der Waals surface area contributed by atoms with Crippen molar-refractivity contribution in [1.82, 2.24) is 4.90 Å². The Balaban J connectivity index is 1.36. The first-order chi connectivity index (χ1) is 16.0. The minimum Gasteiger partial charge on any atom is -0.444 e. The van der Waals surface area contributed by atoms with E-state index in [0.29, 0.717) is 30.0 Å². The number of carbonyl (C=O) groups is 2. The summed E-state index contributed by atoms with van der Waals surface area (Å²) >= 11 is 5.87. The Morgan fingerprint density at radius 1 is 1.00 bits per heavy atom. The van der Waals surface area contributed by atoms with Gasteiger partial charge in [0.25, 0.3) is 0 Å². The number of carbonyl (C=O) groups excluding carboxylic acids is 2. The van der Waals surface area contributed by atoms with Crippen molar-refractivity contribution in [1.29, 1.82) is 0 Å². The molecule has 3 aromatic rings. The first-order valence-corrected chi connectivity index (χ1v) is 11.0. The second kappa shape index (κ2) is 10.4. The average Bonchev–Trinajstić information content (AvgIpc) is 2.83. The van der Waals surface area contributed by atoms with Crippen LogP contribution in [0.15, 0.2) is 72.8 Å². The van der Waals surface area contributed by atoms with Gasteiger partial charge in [-0.3, -0.25) is 10.2 Å². The smallest absolute Gasteiger partial charge is 0.411 e. The van der Waals surface area contributed by atoms with Crippen LogP contribution in [0.5, 0.6) is 0 Å². The largest absolute Gasteiger partial charge is 0.444 e. The summed E-state index contributed by atoms with van der Waals surface area (Å²) in [4.78, 5) is 28.3. The highest BCUT2D eigenvalue weighted by atomic mass is 35.5. The van der Waals surface area contributed by atoms with Gasteiger partial charge >= 0.3 is 12.1 Å². The zero-order chi connectivity index (χ0) is 23.2. The van der Waals surface area contributed by atoms with Crippen LogP contribution in [0.4, 0.5) is 25.4 Å². The molecule has 0 unspecified atom stereocenters. The lowest BCUT2D eigenvalue weighted by Crippen LogP contribution is -2.49. The van der Waals surface area contributed by atoms with Crippen molar-refractivity contribution >= 4 is 35.1 Å². The molecule has 0 spiro atoms. The second-order valence-electron chi connectivity index (χ2n) is 7.66. The third-order valence-corrected chi connectivity index (χ3v) is 5.63. The average molecular weight is 468 g/mol. The fraction of sp³-hybridized carbons (Fsp3) is 0.200. The van der Waals surface area contributed by atoms with Gasteiger partial charge in [-0.05, 0) is 42.3 Å². The van der Waals surface area contributed by atoms with Crippen LogP contribution in [0.25, 0.3) is 0 Å². The van der Waals surface area contributed by atoms with E-state index in [0.717, 1.165) is 12.0 Å². The molecule has 0 bridgehead atoms. The molecule has 1 aliphatic rings. The molecule has 3 amide bonds. The quantitative estimate of drug-likeness (QED) is 0.479. The number of ether oxygens (including phenoxy) is 1. The molecule has 1 N–H and O–H groups in total. The van der Waals surface area contributed by atoms with E-state index in [1.165, 1.54) is 6.07 Å². The van der Waals surface area contributed by atoms with Crippen LogP contribution in [0, 0.1) is 5.82 Å². The highest BCUT2D eigenvalue weighted by molar-refractivity contribution is 6.30. The second-order valence-corrected chi connectivity index (χ2v) is 8.06. The normalized spacial score (nSPS) is 13.7. The molecule has 170 valence electrons. The van der Waals surface area contributed by atoms with Gasteiger partial charge in [-0.25, -0.2) is 14.0 Å². The first-order valence-electron chi connectivity index (χ1n) is 10.6. The van der Waals surface area contributed by atoms with Gasteiger partial charge in [0.15, 0.2) is 0 Å². The van der Waals surface area contributed by atoms with Crippen LogP contribution in [-0.2, 0) is 17.9 Å². The van der Waals surface area contributed by atoms with Crippen molar-refractivity contribution in [2.75, 3.05) is 23.3 Å². The maximum absolute atomic E-state index is 14.3. The molecule has 3 aromatic carbocycles. The van der Waals surface area contributed by atoms with Gasteiger partial charge in [0.2, 0.25) is 0 Å². The molecule has 1 fully saturated rings. The molecule has 0 aromatic heterocycles. The molecular weight excluding hydrogens is 445 g/mol. The minimum absolute atomic E-state index is 0.0409. The van der Waals surface area contributed by atoms with E-state index in [1.54, 1.807) is 46.2 Å². The number of hydrogen-bond donors (Lipinski definition) is 1. The van der Waals surface area contributed by atoms with E-state index in [2.05, 4.69) is 5.32 Å². The standard InChI is InChI=1S/C25H23ClFN3O3/c26-22-9-4-8-19(23(22)27)16-29-14-5-15-30(25(29)32)21-12-10-20(11-13-21)28-24(31)33-17-18-6-2-1-3-7-18/h1-4,6-13H,5,14-17H2,(H,28,31). The summed E-state index contributed by atoms with van der Waals surface area (Å²) in [5.74, 6) is -0.501. The number of urea groups is 1. The third-order valence-electron chi connectivity index (χ3n) is 5.34. The first kappa shape index (κ1) is 22.6. The van der Waals surface area contributed by atoms with Crippen molar-refractivity contribution in [2.24, 2.45) is 0 Å². The molecule has 6 nitrogen and oxygen atoms in total. The van der Waals surface area contributed by atoms with E-state index in [9.17, 15) is 14.0 Å². The Bertz CT molecular complexity index is 1130. The predicted molar refractivity (Wildman–Crippen MR) is 126 cm³/mol. The van der Waals surface area contributed by atoms with Gasteiger partial charge in [0.05, 0.1) is 11.6 Å². The topological polar surface area (TPSA) is 61.9 Å². The van der Waals surface area contributed by atoms with Gasteiger partial charge < -0.3 is 9.64 Å². The summed E-state index contributed by atoms with van der Waals surface area (Å²) < 4.78 is 19.5. The number of hydrogen-bond acceptors (Lipinski definition) is 3. The Labute approximate surface area is 196 Å². The molecule has 33 heavy (non-hydrogen) atoms. The van der Waals surface area contributed by atoms with Crippen molar-refractivity contribution in [2.45, 2.75) is 19.6 Å². The van der Waals surface area contributed by atoms with Gasteiger partial charge in [-0.1, -0.05) is 54.1 Å². The van der Waals surface area contributed by atoms with Crippen LogP contribution in [0.1, 0.15) is 17.5 Å². The summed E-state index contributed by atoms with van der Waals surface area (Å²) in [6.45, 7) is 1.41.